The molecule has 0 aliphatic heterocycles. The molecule has 0 bridgehead atoms. The zero-order chi connectivity index (χ0) is 15.1. The van der Waals surface area contributed by atoms with E-state index in [0.717, 1.165) is 12.8 Å². The van der Waals surface area contributed by atoms with E-state index in [1.165, 1.54) is 4.90 Å². The smallest absolute Gasteiger partial charge is 0.326 e. The van der Waals surface area contributed by atoms with Gasteiger partial charge in [-0.05, 0) is 32.1 Å². The Morgan fingerprint density at radius 2 is 2.00 bits per heavy atom. The second-order valence-corrected chi connectivity index (χ2v) is 4.83. The number of nitrogens with zero attached hydrogens (tertiary/aromatic N) is 1. The van der Waals surface area contributed by atoms with Crippen LogP contribution >= 0.6 is 0 Å². The average Bonchev–Trinajstić information content (AvgIpc) is 3.19. The highest BCUT2D eigenvalue weighted by molar-refractivity contribution is 5.85. The molecule has 1 rings (SSSR count). The number of hydrogen-bond donors (Lipinski definition) is 2. The molecular formula is C13H22N2O5. The molecule has 0 spiro atoms. The third-order valence-corrected chi connectivity index (χ3v) is 3.04. The first kappa shape index (κ1) is 16.3. The Kier molecular flexibility index (Phi) is 6.27. The van der Waals surface area contributed by atoms with Crippen molar-refractivity contribution in [2.24, 2.45) is 5.92 Å². The van der Waals surface area contributed by atoms with Crippen LogP contribution in [-0.4, -0.2) is 53.7 Å². The van der Waals surface area contributed by atoms with Crippen LogP contribution in [0.2, 0.25) is 0 Å². The topological polar surface area (TPSA) is 95.9 Å². The van der Waals surface area contributed by atoms with E-state index in [4.69, 9.17) is 9.84 Å². The number of carboxylic acids is 1. The number of aliphatic carboxylic acids is 1. The SMILES string of the molecule is CCCN(CC(=O)OCC)C(=O)NC(C(=O)O)C1CC1. The van der Waals surface area contributed by atoms with E-state index >= 15 is 0 Å². The van der Waals surface area contributed by atoms with Crippen molar-refractivity contribution in [1.29, 1.82) is 0 Å². The van der Waals surface area contributed by atoms with Crippen molar-refractivity contribution < 1.29 is 24.2 Å². The summed E-state index contributed by atoms with van der Waals surface area (Å²) in [6.45, 7) is 4.03. The van der Waals surface area contributed by atoms with Gasteiger partial charge in [0, 0.05) is 6.54 Å². The van der Waals surface area contributed by atoms with Crippen LogP contribution < -0.4 is 5.32 Å². The van der Waals surface area contributed by atoms with Gasteiger partial charge in [0.25, 0.3) is 0 Å². The molecule has 1 fully saturated rings. The number of carboxylic acid groups (broad SMARTS) is 1. The molecule has 0 aromatic rings. The first-order chi connectivity index (χ1) is 9.49. The molecule has 1 aliphatic rings. The van der Waals surface area contributed by atoms with Crippen molar-refractivity contribution in [2.45, 2.75) is 39.2 Å². The fraction of sp³-hybridized carbons (Fsp3) is 0.769. The number of rotatable bonds is 8. The summed E-state index contributed by atoms with van der Waals surface area (Å²) in [5.41, 5.74) is 0. The maximum atomic E-state index is 12.1. The molecule has 20 heavy (non-hydrogen) atoms. The number of nitrogens with one attached hydrogen (secondary N) is 1. The van der Waals surface area contributed by atoms with E-state index in [1.807, 2.05) is 6.92 Å². The van der Waals surface area contributed by atoms with Crippen LogP contribution in [0.3, 0.4) is 0 Å². The summed E-state index contributed by atoms with van der Waals surface area (Å²) in [4.78, 5) is 35.9. The van der Waals surface area contributed by atoms with Crippen LogP contribution in [0.25, 0.3) is 0 Å². The van der Waals surface area contributed by atoms with Gasteiger partial charge >= 0.3 is 18.0 Å². The molecule has 0 heterocycles. The minimum atomic E-state index is -1.03. The zero-order valence-electron chi connectivity index (χ0n) is 11.9. The summed E-state index contributed by atoms with van der Waals surface area (Å²) in [7, 11) is 0. The lowest BCUT2D eigenvalue weighted by Crippen LogP contribution is -2.50. The van der Waals surface area contributed by atoms with Gasteiger partial charge in [0.05, 0.1) is 6.61 Å². The third kappa shape index (κ3) is 5.07. The molecule has 0 radical (unpaired) electrons. The van der Waals surface area contributed by atoms with E-state index in [0.29, 0.717) is 13.0 Å². The number of carbonyl (C=O) groups excluding carboxylic acids is 2. The maximum Gasteiger partial charge on any atom is 0.326 e. The highest BCUT2D eigenvalue weighted by atomic mass is 16.5. The normalized spacial score (nSPS) is 15.3. The Hall–Kier alpha value is -1.79. The average molecular weight is 286 g/mol. The standard InChI is InChI=1S/C13H22N2O5/c1-3-7-15(8-10(16)20-4-2)13(19)14-11(12(17)18)9-5-6-9/h9,11H,3-8H2,1-2H3,(H,14,19)(H,17,18). The van der Waals surface area contributed by atoms with Crippen LogP contribution in [0.1, 0.15) is 33.1 Å². The van der Waals surface area contributed by atoms with Gasteiger partial charge in [0.1, 0.15) is 12.6 Å². The Balaban J connectivity index is 2.57. The third-order valence-electron chi connectivity index (χ3n) is 3.04. The van der Waals surface area contributed by atoms with Crippen LogP contribution in [0.4, 0.5) is 4.79 Å². The molecule has 7 heteroatoms. The van der Waals surface area contributed by atoms with Crippen LogP contribution in [-0.2, 0) is 14.3 Å². The first-order valence-corrected chi connectivity index (χ1v) is 6.93. The fourth-order valence-electron chi connectivity index (χ4n) is 1.92. The molecule has 2 N–H and O–H groups in total. The first-order valence-electron chi connectivity index (χ1n) is 6.93. The summed E-state index contributed by atoms with van der Waals surface area (Å²) >= 11 is 0. The molecule has 114 valence electrons. The number of hydrogen-bond acceptors (Lipinski definition) is 4. The number of ether oxygens (including phenoxy) is 1. The van der Waals surface area contributed by atoms with Crippen molar-refractivity contribution >= 4 is 18.0 Å². The molecule has 1 saturated carbocycles. The number of amides is 2. The summed E-state index contributed by atoms with van der Waals surface area (Å²) in [6, 6.07) is -1.40. The molecule has 0 aromatic heterocycles. The lowest BCUT2D eigenvalue weighted by atomic mass is 10.2. The molecular weight excluding hydrogens is 264 g/mol. The Bertz CT molecular complexity index is 368. The molecule has 1 unspecified atom stereocenters. The lowest BCUT2D eigenvalue weighted by molar-refractivity contribution is -0.143. The molecule has 0 aromatic carbocycles. The molecule has 1 atom stereocenters. The number of urea groups is 1. The van der Waals surface area contributed by atoms with Crippen molar-refractivity contribution in [2.75, 3.05) is 19.7 Å². The van der Waals surface area contributed by atoms with Gasteiger partial charge < -0.3 is 20.1 Å². The highest BCUT2D eigenvalue weighted by Gasteiger charge is 2.38. The maximum absolute atomic E-state index is 12.1. The van der Waals surface area contributed by atoms with E-state index in [-0.39, 0.29) is 19.1 Å². The van der Waals surface area contributed by atoms with Gasteiger partial charge in [-0.3, -0.25) is 4.79 Å². The van der Waals surface area contributed by atoms with Crippen molar-refractivity contribution in [3.63, 3.8) is 0 Å². The van der Waals surface area contributed by atoms with Crippen LogP contribution in [0, 0.1) is 5.92 Å². The largest absolute Gasteiger partial charge is 0.480 e. The van der Waals surface area contributed by atoms with Gasteiger partial charge in [0.15, 0.2) is 0 Å². The van der Waals surface area contributed by atoms with Gasteiger partial charge in [-0.25, -0.2) is 9.59 Å². The summed E-state index contributed by atoms with van der Waals surface area (Å²) in [6.07, 6.45) is 2.29. The minimum absolute atomic E-state index is 0.00233. The number of esters is 1. The van der Waals surface area contributed by atoms with Gasteiger partial charge in [0.2, 0.25) is 0 Å². The Morgan fingerprint density at radius 3 is 2.45 bits per heavy atom. The Labute approximate surface area is 118 Å². The fourth-order valence-corrected chi connectivity index (χ4v) is 1.92. The molecule has 0 saturated heterocycles. The minimum Gasteiger partial charge on any atom is -0.480 e. The summed E-state index contributed by atoms with van der Waals surface area (Å²) in [5.74, 6) is -1.52. The highest BCUT2D eigenvalue weighted by Crippen LogP contribution is 2.32. The van der Waals surface area contributed by atoms with Crippen molar-refractivity contribution in [3.05, 3.63) is 0 Å². The van der Waals surface area contributed by atoms with E-state index in [9.17, 15) is 14.4 Å². The second-order valence-electron chi connectivity index (χ2n) is 4.83. The van der Waals surface area contributed by atoms with Gasteiger partial charge in [-0.1, -0.05) is 6.92 Å². The second kappa shape index (κ2) is 7.72. The van der Waals surface area contributed by atoms with Gasteiger partial charge in [-0.2, -0.15) is 0 Å². The molecule has 2 amide bonds. The lowest BCUT2D eigenvalue weighted by Gasteiger charge is -2.24. The van der Waals surface area contributed by atoms with E-state index in [1.54, 1.807) is 6.92 Å². The quantitative estimate of drug-likeness (QED) is 0.644. The molecule has 7 nitrogen and oxygen atoms in total. The zero-order valence-corrected chi connectivity index (χ0v) is 11.9. The van der Waals surface area contributed by atoms with Crippen LogP contribution in [0.5, 0.6) is 0 Å². The summed E-state index contributed by atoms with van der Waals surface area (Å²) in [5, 5.41) is 11.6. The number of carbonyl (C=O) groups is 3. The predicted octanol–water partition coefficient (Wildman–Crippen LogP) is 0.834. The molecule has 1 aliphatic carbocycles. The monoisotopic (exact) mass is 286 g/mol. The predicted molar refractivity (Wildman–Crippen MR) is 71.2 cm³/mol. The van der Waals surface area contributed by atoms with Gasteiger partial charge in [-0.15, -0.1) is 0 Å². The van der Waals surface area contributed by atoms with E-state index < -0.39 is 24.0 Å². The Morgan fingerprint density at radius 1 is 1.35 bits per heavy atom. The summed E-state index contributed by atoms with van der Waals surface area (Å²) < 4.78 is 4.80. The van der Waals surface area contributed by atoms with Crippen molar-refractivity contribution in [3.8, 4) is 0 Å². The van der Waals surface area contributed by atoms with Crippen molar-refractivity contribution in [1.82, 2.24) is 10.2 Å². The van der Waals surface area contributed by atoms with E-state index in [2.05, 4.69) is 5.32 Å². The van der Waals surface area contributed by atoms with Crippen LogP contribution in [0.15, 0.2) is 0 Å².